The van der Waals surface area contributed by atoms with Crippen molar-refractivity contribution >= 4 is 17.5 Å². The predicted molar refractivity (Wildman–Crippen MR) is 97.0 cm³/mol. The van der Waals surface area contributed by atoms with Crippen molar-refractivity contribution in [3.63, 3.8) is 0 Å². The highest BCUT2D eigenvalue weighted by molar-refractivity contribution is 6.00. The minimum Gasteiger partial charge on any atom is -0.342 e. The van der Waals surface area contributed by atoms with Gasteiger partial charge in [-0.1, -0.05) is 25.1 Å². The van der Waals surface area contributed by atoms with Crippen LogP contribution in [0.2, 0.25) is 0 Å². The van der Waals surface area contributed by atoms with Crippen molar-refractivity contribution in [1.29, 1.82) is 0 Å². The van der Waals surface area contributed by atoms with E-state index in [1.54, 1.807) is 0 Å². The normalized spacial score (nSPS) is 31.7. The van der Waals surface area contributed by atoms with Crippen LogP contribution in [-0.4, -0.2) is 42.4 Å². The average molecular weight is 341 g/mol. The maximum absolute atomic E-state index is 13.0. The Kier molecular flexibility index (Phi) is 4.28. The van der Waals surface area contributed by atoms with Gasteiger partial charge in [0, 0.05) is 37.8 Å². The Hall–Kier alpha value is -1.88. The van der Waals surface area contributed by atoms with Crippen molar-refractivity contribution in [3.05, 3.63) is 29.8 Å². The molecule has 4 rings (SSSR count). The molecule has 0 bridgehead atoms. The van der Waals surface area contributed by atoms with Gasteiger partial charge in [-0.05, 0) is 42.7 Å². The minimum absolute atomic E-state index is 0.0651. The summed E-state index contributed by atoms with van der Waals surface area (Å²) in [6.45, 7) is 4.20. The van der Waals surface area contributed by atoms with Gasteiger partial charge in [0.15, 0.2) is 0 Å². The predicted octanol–water partition coefficient (Wildman–Crippen LogP) is 1.80. The molecule has 1 saturated carbocycles. The van der Waals surface area contributed by atoms with E-state index in [-0.39, 0.29) is 23.8 Å². The number of hydrogen-bond donors (Lipinski definition) is 1. The van der Waals surface area contributed by atoms with E-state index >= 15 is 0 Å². The summed E-state index contributed by atoms with van der Waals surface area (Å²) < 4.78 is 0. The molecule has 4 atom stereocenters. The summed E-state index contributed by atoms with van der Waals surface area (Å²) >= 11 is 0. The second-order valence-corrected chi connectivity index (χ2v) is 7.80. The van der Waals surface area contributed by atoms with Crippen LogP contribution in [0.15, 0.2) is 24.3 Å². The summed E-state index contributed by atoms with van der Waals surface area (Å²) in [5.74, 6) is 1.01. The molecule has 0 spiro atoms. The Morgan fingerprint density at radius 2 is 2.00 bits per heavy atom. The molecular formula is C20H27N3O2. The molecule has 2 N–H and O–H groups in total. The maximum Gasteiger partial charge on any atom is 0.228 e. The highest BCUT2D eigenvalue weighted by atomic mass is 16.2. The van der Waals surface area contributed by atoms with E-state index in [1.165, 1.54) is 0 Å². The quantitative estimate of drug-likeness (QED) is 0.912. The van der Waals surface area contributed by atoms with E-state index in [1.807, 2.05) is 28.0 Å². The number of amides is 2. The summed E-state index contributed by atoms with van der Waals surface area (Å²) in [6.07, 6.45) is 3.43. The molecule has 1 aromatic rings. The summed E-state index contributed by atoms with van der Waals surface area (Å²) in [4.78, 5) is 29.3. The molecule has 134 valence electrons. The van der Waals surface area contributed by atoms with Crippen LogP contribution in [0.5, 0.6) is 0 Å². The van der Waals surface area contributed by atoms with Crippen molar-refractivity contribution < 1.29 is 9.59 Å². The van der Waals surface area contributed by atoms with Crippen LogP contribution in [0.4, 0.5) is 5.69 Å². The third-order valence-electron chi connectivity index (χ3n) is 6.36. The fourth-order valence-electron chi connectivity index (χ4n) is 4.92. The van der Waals surface area contributed by atoms with Crippen LogP contribution in [0.3, 0.4) is 0 Å². The molecule has 0 aromatic heterocycles. The zero-order chi connectivity index (χ0) is 17.6. The SMILES string of the molecule is CCc1ccccc1N1CC(C(=O)N2CC3CCC(N)C3C2)CC1=O. The standard InChI is InChI=1S/C20H27N3O2/c1-2-13-5-3-4-6-18(13)23-11-15(9-19(23)24)20(25)22-10-14-7-8-17(21)16(14)12-22/h3-6,14-17H,2,7-12,21H2,1H3. The van der Waals surface area contributed by atoms with Crippen LogP contribution in [0.25, 0.3) is 0 Å². The van der Waals surface area contributed by atoms with E-state index < -0.39 is 0 Å². The number of fused-ring (bicyclic) bond motifs is 1. The summed E-state index contributed by atoms with van der Waals surface area (Å²) in [6, 6.07) is 8.24. The number of hydrogen-bond acceptors (Lipinski definition) is 3. The summed E-state index contributed by atoms with van der Waals surface area (Å²) in [5, 5.41) is 0. The molecule has 2 heterocycles. The van der Waals surface area contributed by atoms with E-state index in [9.17, 15) is 9.59 Å². The maximum atomic E-state index is 13.0. The van der Waals surface area contributed by atoms with Gasteiger partial charge >= 0.3 is 0 Å². The van der Waals surface area contributed by atoms with Gasteiger partial charge in [-0.3, -0.25) is 9.59 Å². The zero-order valence-electron chi connectivity index (χ0n) is 14.9. The number of aryl methyl sites for hydroxylation is 1. The number of nitrogens with zero attached hydrogens (tertiary/aromatic N) is 2. The molecule has 2 amide bonds. The van der Waals surface area contributed by atoms with Crippen LogP contribution >= 0.6 is 0 Å². The van der Waals surface area contributed by atoms with Gasteiger partial charge in [0.2, 0.25) is 11.8 Å². The Morgan fingerprint density at radius 1 is 1.20 bits per heavy atom. The molecule has 1 aliphatic carbocycles. The van der Waals surface area contributed by atoms with Gasteiger partial charge in [0.1, 0.15) is 0 Å². The number of nitrogens with two attached hydrogens (primary N) is 1. The number of likely N-dealkylation sites (tertiary alicyclic amines) is 1. The lowest BCUT2D eigenvalue weighted by molar-refractivity contribution is -0.135. The van der Waals surface area contributed by atoms with Gasteiger partial charge in [-0.2, -0.15) is 0 Å². The number of carbonyl (C=O) groups is 2. The number of carbonyl (C=O) groups excluding carboxylic acids is 2. The van der Waals surface area contributed by atoms with Gasteiger partial charge < -0.3 is 15.5 Å². The Balaban J connectivity index is 1.46. The van der Waals surface area contributed by atoms with Crippen LogP contribution < -0.4 is 10.6 Å². The second kappa shape index (κ2) is 6.45. The van der Waals surface area contributed by atoms with Gasteiger partial charge in [-0.25, -0.2) is 0 Å². The molecule has 5 nitrogen and oxygen atoms in total. The molecule has 3 fully saturated rings. The molecule has 3 aliphatic rings. The van der Waals surface area contributed by atoms with Crippen molar-refractivity contribution in [3.8, 4) is 0 Å². The summed E-state index contributed by atoms with van der Waals surface area (Å²) in [5.41, 5.74) is 8.31. The van der Waals surface area contributed by atoms with Crippen molar-refractivity contribution in [2.75, 3.05) is 24.5 Å². The van der Waals surface area contributed by atoms with Gasteiger partial charge in [0.25, 0.3) is 0 Å². The number of para-hydroxylation sites is 1. The first-order chi connectivity index (χ1) is 12.1. The molecule has 4 unspecified atom stereocenters. The minimum atomic E-state index is -0.215. The smallest absolute Gasteiger partial charge is 0.228 e. The first-order valence-electron chi connectivity index (χ1n) is 9.51. The molecule has 25 heavy (non-hydrogen) atoms. The van der Waals surface area contributed by atoms with Gasteiger partial charge in [0.05, 0.1) is 5.92 Å². The Labute approximate surface area is 149 Å². The summed E-state index contributed by atoms with van der Waals surface area (Å²) in [7, 11) is 0. The van der Waals surface area contributed by atoms with E-state index in [4.69, 9.17) is 5.73 Å². The molecule has 5 heteroatoms. The molecule has 1 aromatic carbocycles. The molecule has 0 radical (unpaired) electrons. The first kappa shape index (κ1) is 16.6. The second-order valence-electron chi connectivity index (χ2n) is 7.80. The Bertz CT molecular complexity index is 689. The monoisotopic (exact) mass is 341 g/mol. The molecular weight excluding hydrogens is 314 g/mol. The highest BCUT2D eigenvalue weighted by Gasteiger charge is 2.45. The third kappa shape index (κ3) is 2.84. The lowest BCUT2D eigenvalue weighted by atomic mass is 9.98. The first-order valence-corrected chi connectivity index (χ1v) is 9.51. The van der Waals surface area contributed by atoms with Crippen molar-refractivity contribution in [2.45, 2.75) is 38.6 Å². The fourth-order valence-corrected chi connectivity index (χ4v) is 4.92. The molecule has 2 aliphatic heterocycles. The zero-order valence-corrected chi connectivity index (χ0v) is 14.9. The lowest BCUT2D eigenvalue weighted by Gasteiger charge is -2.23. The van der Waals surface area contributed by atoms with E-state index in [0.717, 1.165) is 43.6 Å². The van der Waals surface area contributed by atoms with Gasteiger partial charge in [-0.15, -0.1) is 0 Å². The van der Waals surface area contributed by atoms with E-state index in [2.05, 4.69) is 13.0 Å². The Morgan fingerprint density at radius 3 is 2.76 bits per heavy atom. The number of benzene rings is 1. The van der Waals surface area contributed by atoms with E-state index in [0.29, 0.717) is 24.8 Å². The van der Waals surface area contributed by atoms with Crippen LogP contribution in [-0.2, 0) is 16.0 Å². The lowest BCUT2D eigenvalue weighted by Crippen LogP contribution is -2.38. The number of rotatable bonds is 3. The molecule has 2 saturated heterocycles. The van der Waals surface area contributed by atoms with Crippen LogP contribution in [0.1, 0.15) is 31.7 Å². The van der Waals surface area contributed by atoms with Crippen molar-refractivity contribution in [1.82, 2.24) is 4.90 Å². The van der Waals surface area contributed by atoms with Crippen molar-refractivity contribution in [2.24, 2.45) is 23.5 Å². The third-order valence-corrected chi connectivity index (χ3v) is 6.36. The fraction of sp³-hybridized carbons (Fsp3) is 0.600. The largest absolute Gasteiger partial charge is 0.342 e. The topological polar surface area (TPSA) is 66.6 Å². The van der Waals surface area contributed by atoms with Crippen LogP contribution in [0, 0.1) is 17.8 Å². The highest BCUT2D eigenvalue weighted by Crippen LogP contribution is 2.38. The number of anilines is 1. The average Bonchev–Trinajstić information content (AvgIpc) is 3.30.